The smallest absolute Gasteiger partial charge is 0.342 e. The largest absolute Gasteiger partial charge is 0.459 e. The normalized spacial score (nSPS) is 63.1. The predicted molar refractivity (Wildman–Crippen MR) is 90.3 cm³/mol. The van der Waals surface area contributed by atoms with Gasteiger partial charge in [0.25, 0.3) is 0 Å². The molecule has 0 bridgehead atoms. The van der Waals surface area contributed by atoms with Crippen LogP contribution in [0.2, 0.25) is 0 Å². The van der Waals surface area contributed by atoms with E-state index in [4.69, 9.17) is 18.9 Å². The van der Waals surface area contributed by atoms with Crippen molar-refractivity contribution < 1.29 is 34.0 Å². The molecule has 6 rings (SSSR count). The van der Waals surface area contributed by atoms with Gasteiger partial charge in [0.15, 0.2) is 6.29 Å². The van der Waals surface area contributed by atoms with Crippen LogP contribution in [-0.2, 0) is 23.7 Å². The number of aliphatic hydroxyl groups excluding tert-OH is 1. The summed E-state index contributed by atoms with van der Waals surface area (Å²) in [5.41, 5.74) is -4.76. The molecule has 0 radical (unpaired) electrons. The third-order valence-electron chi connectivity index (χ3n) is 9.05. The molecular formula is C20H28O7. The van der Waals surface area contributed by atoms with Crippen LogP contribution in [0.4, 0.5) is 0 Å². The van der Waals surface area contributed by atoms with Crippen LogP contribution in [0.25, 0.3) is 0 Å². The van der Waals surface area contributed by atoms with Gasteiger partial charge in [-0.1, -0.05) is 27.7 Å². The number of aliphatic hydroxyl groups is 2. The monoisotopic (exact) mass is 380 g/mol. The molecule has 7 nitrogen and oxygen atoms in total. The van der Waals surface area contributed by atoms with Gasteiger partial charge in [-0.2, -0.15) is 0 Å². The molecule has 2 aliphatic carbocycles. The van der Waals surface area contributed by atoms with Crippen molar-refractivity contribution in [2.45, 2.75) is 76.3 Å². The predicted octanol–water partition coefficient (Wildman–Crippen LogP) is 0.606. The molecule has 2 N–H and O–H groups in total. The maximum atomic E-state index is 13.3. The van der Waals surface area contributed by atoms with Crippen LogP contribution in [0.15, 0.2) is 0 Å². The van der Waals surface area contributed by atoms with E-state index in [1.165, 1.54) is 0 Å². The standard InChI is InChI=1S/C20H28O7/c1-9-7-24-13-6-17-12-5-10(16(2,3)4)18(17)11(21)8-25-15(18)27-20(17,14(22)26-12)19(9,13)23/h9-13,15,21,23H,5-8H2,1-4H3/t9-,10+,11?,12-,13+,15+,17-,18+,19-,20-/m1/s1. The summed E-state index contributed by atoms with van der Waals surface area (Å²) in [6, 6.07) is 0. The van der Waals surface area contributed by atoms with Crippen LogP contribution < -0.4 is 0 Å². The molecule has 150 valence electrons. The first-order valence-corrected chi connectivity index (χ1v) is 10.1. The van der Waals surface area contributed by atoms with Crippen LogP contribution in [0.3, 0.4) is 0 Å². The van der Waals surface area contributed by atoms with Gasteiger partial charge in [-0.25, -0.2) is 4.79 Å². The molecule has 4 heterocycles. The highest BCUT2D eigenvalue weighted by atomic mass is 16.7. The molecule has 0 aromatic heterocycles. The van der Waals surface area contributed by atoms with Gasteiger partial charge in [0, 0.05) is 5.92 Å². The maximum absolute atomic E-state index is 13.3. The Morgan fingerprint density at radius 3 is 2.59 bits per heavy atom. The zero-order valence-electron chi connectivity index (χ0n) is 16.2. The van der Waals surface area contributed by atoms with Crippen LogP contribution in [0, 0.1) is 28.1 Å². The zero-order valence-corrected chi connectivity index (χ0v) is 16.2. The van der Waals surface area contributed by atoms with Gasteiger partial charge in [0.2, 0.25) is 5.60 Å². The van der Waals surface area contributed by atoms with Crippen molar-refractivity contribution >= 4 is 5.97 Å². The van der Waals surface area contributed by atoms with Crippen LogP contribution in [0.5, 0.6) is 0 Å². The quantitative estimate of drug-likeness (QED) is 0.595. The number of ether oxygens (including phenoxy) is 4. The number of carbonyl (C=O) groups excluding carboxylic acids is 1. The second-order valence-corrected chi connectivity index (χ2v) is 10.7. The van der Waals surface area contributed by atoms with E-state index in [0.717, 1.165) is 0 Å². The summed E-state index contributed by atoms with van der Waals surface area (Å²) >= 11 is 0. The van der Waals surface area contributed by atoms with Gasteiger partial charge in [-0.05, 0) is 24.2 Å². The average Bonchev–Trinajstić information content (AvgIpc) is 3.30. The molecule has 1 unspecified atom stereocenters. The van der Waals surface area contributed by atoms with Gasteiger partial charge in [0.05, 0.1) is 36.3 Å². The highest BCUT2D eigenvalue weighted by Crippen LogP contribution is 2.84. The molecule has 0 amide bonds. The Labute approximate surface area is 158 Å². The summed E-state index contributed by atoms with van der Waals surface area (Å²) in [6.45, 7) is 8.90. The third kappa shape index (κ3) is 1.31. The number of carbonyl (C=O) groups is 1. The van der Waals surface area contributed by atoms with Gasteiger partial charge in [-0.15, -0.1) is 0 Å². The minimum Gasteiger partial charge on any atom is -0.459 e. The van der Waals surface area contributed by atoms with E-state index in [-0.39, 0.29) is 23.9 Å². The van der Waals surface area contributed by atoms with Crippen molar-refractivity contribution in [2.75, 3.05) is 13.2 Å². The summed E-state index contributed by atoms with van der Waals surface area (Å²) in [5.74, 6) is -0.744. The lowest BCUT2D eigenvalue weighted by molar-refractivity contribution is -0.239. The fourth-order valence-corrected chi connectivity index (χ4v) is 8.29. The summed E-state index contributed by atoms with van der Waals surface area (Å²) in [5, 5.41) is 23.2. The van der Waals surface area contributed by atoms with Crippen LogP contribution in [-0.4, -0.2) is 65.2 Å². The fourth-order valence-electron chi connectivity index (χ4n) is 8.29. The van der Waals surface area contributed by atoms with Crippen LogP contribution >= 0.6 is 0 Å². The summed E-state index contributed by atoms with van der Waals surface area (Å²) in [4.78, 5) is 13.3. The molecule has 0 aromatic rings. The Bertz CT molecular complexity index is 747. The Balaban J connectivity index is 1.67. The first-order chi connectivity index (χ1) is 12.6. The van der Waals surface area contributed by atoms with E-state index < -0.39 is 52.6 Å². The van der Waals surface area contributed by atoms with Crippen molar-refractivity contribution in [3.63, 3.8) is 0 Å². The second kappa shape index (κ2) is 4.38. The number of esters is 1. The molecule has 7 heteroatoms. The first-order valence-electron chi connectivity index (χ1n) is 10.1. The number of fused-ring (bicyclic) bond motifs is 1. The van der Waals surface area contributed by atoms with E-state index in [2.05, 4.69) is 20.8 Å². The van der Waals surface area contributed by atoms with Crippen LogP contribution in [0.1, 0.15) is 40.5 Å². The lowest BCUT2D eigenvalue weighted by atomic mass is 9.51. The maximum Gasteiger partial charge on any atom is 0.342 e. The Morgan fingerprint density at radius 2 is 1.89 bits per heavy atom. The molecule has 10 atom stereocenters. The van der Waals surface area contributed by atoms with E-state index in [1.54, 1.807) is 0 Å². The van der Waals surface area contributed by atoms with Gasteiger partial charge in [0.1, 0.15) is 11.7 Å². The van der Waals surface area contributed by atoms with E-state index in [1.807, 2.05) is 6.92 Å². The summed E-state index contributed by atoms with van der Waals surface area (Å²) in [7, 11) is 0. The molecule has 2 saturated carbocycles. The van der Waals surface area contributed by atoms with Crippen molar-refractivity contribution in [3.8, 4) is 0 Å². The third-order valence-corrected chi connectivity index (χ3v) is 9.05. The zero-order chi connectivity index (χ0) is 19.2. The summed E-state index contributed by atoms with van der Waals surface area (Å²) in [6.07, 6.45) is -1.28. The molecule has 27 heavy (non-hydrogen) atoms. The fraction of sp³-hybridized carbons (Fsp3) is 0.950. The van der Waals surface area contributed by atoms with Gasteiger partial charge in [-0.3, -0.25) is 0 Å². The van der Waals surface area contributed by atoms with Crippen molar-refractivity contribution in [2.24, 2.45) is 28.1 Å². The topological polar surface area (TPSA) is 94.5 Å². The van der Waals surface area contributed by atoms with Gasteiger partial charge < -0.3 is 29.2 Å². The highest BCUT2D eigenvalue weighted by molar-refractivity contribution is 5.89. The average molecular weight is 380 g/mol. The minimum atomic E-state index is -1.53. The number of hydrogen-bond donors (Lipinski definition) is 2. The molecule has 6 aliphatic rings. The molecular weight excluding hydrogens is 352 g/mol. The second-order valence-electron chi connectivity index (χ2n) is 10.7. The van der Waals surface area contributed by atoms with Crippen molar-refractivity contribution in [1.82, 2.24) is 0 Å². The molecule has 4 aliphatic heterocycles. The van der Waals surface area contributed by atoms with E-state index >= 15 is 0 Å². The minimum absolute atomic E-state index is 0.0326. The van der Waals surface area contributed by atoms with Crippen molar-refractivity contribution in [3.05, 3.63) is 0 Å². The van der Waals surface area contributed by atoms with E-state index in [0.29, 0.717) is 19.4 Å². The van der Waals surface area contributed by atoms with Crippen molar-refractivity contribution in [1.29, 1.82) is 0 Å². The molecule has 2 spiro atoms. The summed E-state index contributed by atoms with van der Waals surface area (Å²) < 4.78 is 24.3. The lowest BCUT2D eigenvalue weighted by Gasteiger charge is -2.48. The molecule has 4 saturated heterocycles. The van der Waals surface area contributed by atoms with E-state index in [9.17, 15) is 15.0 Å². The van der Waals surface area contributed by atoms with Gasteiger partial charge >= 0.3 is 5.97 Å². The Morgan fingerprint density at radius 1 is 1.15 bits per heavy atom. The Hall–Kier alpha value is -0.730. The SMILES string of the molecule is C[C@@H]1CO[C@H]2C[C@@]34[C@H]5C[C@@H](C(C)(C)C)[C@@]36C(O)CO[C@H]6O[C@@]4(C(=O)O5)[C@@]12O. The lowest BCUT2D eigenvalue weighted by Crippen LogP contribution is -2.66. The number of rotatable bonds is 0. The molecule has 6 fully saturated rings. The number of hydrogen-bond acceptors (Lipinski definition) is 7. The highest BCUT2D eigenvalue weighted by Gasteiger charge is 2.99. The first kappa shape index (κ1) is 17.2. The Kier molecular flexibility index (Phi) is 2.79. The molecule has 0 aromatic carbocycles.